The Morgan fingerprint density at radius 1 is 1.08 bits per heavy atom. The first-order valence-corrected chi connectivity index (χ1v) is 8.01. The molecule has 0 aliphatic rings. The maximum absolute atomic E-state index is 14.1. The van der Waals surface area contributed by atoms with Gasteiger partial charge in [0.25, 0.3) is 0 Å². The van der Waals surface area contributed by atoms with E-state index in [1.165, 1.54) is 24.4 Å². The lowest BCUT2D eigenvalue weighted by molar-refractivity contribution is 0.0988. The summed E-state index contributed by atoms with van der Waals surface area (Å²) >= 11 is 11.6. The van der Waals surface area contributed by atoms with Gasteiger partial charge in [-0.3, -0.25) is 14.6 Å². The van der Waals surface area contributed by atoms with Crippen molar-refractivity contribution in [3.63, 3.8) is 0 Å². The molecule has 1 aromatic carbocycles. The maximum Gasteiger partial charge on any atom is 0.199 e. The molecule has 2 aromatic heterocycles. The van der Waals surface area contributed by atoms with Crippen LogP contribution >= 0.6 is 23.2 Å². The van der Waals surface area contributed by atoms with Crippen LogP contribution in [0.4, 0.5) is 4.39 Å². The molecule has 4 nitrogen and oxygen atoms in total. The smallest absolute Gasteiger partial charge is 0.199 e. The van der Waals surface area contributed by atoms with Gasteiger partial charge in [-0.05, 0) is 35.9 Å². The summed E-state index contributed by atoms with van der Waals surface area (Å²) in [5, 5.41) is -0.241. The van der Waals surface area contributed by atoms with Gasteiger partial charge in [-0.1, -0.05) is 23.2 Å². The summed E-state index contributed by atoms with van der Waals surface area (Å²) in [5.41, 5.74) is 0.854. The van der Waals surface area contributed by atoms with E-state index in [0.29, 0.717) is 0 Å². The number of carbonyl (C=O) groups excluding carboxylic acids is 2. The second-order valence-corrected chi connectivity index (χ2v) is 6.12. The highest BCUT2D eigenvalue weighted by Gasteiger charge is 2.22. The lowest BCUT2D eigenvalue weighted by atomic mass is 10.0. The Hall–Kier alpha value is -2.50. The van der Waals surface area contributed by atoms with Gasteiger partial charge in [0.15, 0.2) is 17.4 Å². The molecule has 25 heavy (non-hydrogen) atoms. The number of hydrogen-bond acceptors (Lipinski definition) is 3. The third-order valence-corrected chi connectivity index (χ3v) is 4.24. The van der Waals surface area contributed by atoms with Gasteiger partial charge in [0.1, 0.15) is 0 Å². The molecule has 0 atom stereocenters. The van der Waals surface area contributed by atoms with Crippen molar-refractivity contribution in [3.8, 4) is 0 Å². The van der Waals surface area contributed by atoms with Crippen LogP contribution < -0.4 is 0 Å². The highest BCUT2D eigenvalue weighted by atomic mass is 35.5. The molecule has 3 aromatic rings. The van der Waals surface area contributed by atoms with Crippen LogP contribution in [-0.2, 0) is 6.42 Å². The summed E-state index contributed by atoms with van der Waals surface area (Å²) in [4.78, 5) is 31.4. The average molecular weight is 377 g/mol. The molecule has 1 N–H and O–H groups in total. The molecular weight excluding hydrogens is 366 g/mol. The number of carbonyl (C=O) groups is 2. The molecule has 0 unspecified atom stereocenters. The summed E-state index contributed by atoms with van der Waals surface area (Å²) in [6.45, 7) is 0. The molecule has 0 aliphatic heterocycles. The first-order valence-electron chi connectivity index (χ1n) is 7.26. The number of nitrogens with zero attached hydrogens (tertiary/aromatic N) is 1. The molecule has 3 rings (SSSR count). The normalized spacial score (nSPS) is 10.7. The lowest BCUT2D eigenvalue weighted by Gasteiger charge is -2.05. The number of Topliss-reactive ketones (excluding diaryl/α,β-unsaturated/α-hetero) is 1. The third kappa shape index (κ3) is 3.62. The predicted octanol–water partition coefficient (Wildman–Crippen LogP) is 4.51. The molecule has 0 aliphatic carbocycles. The predicted molar refractivity (Wildman–Crippen MR) is 92.9 cm³/mol. The number of halogens is 3. The second-order valence-electron chi connectivity index (χ2n) is 5.30. The molecule has 0 saturated heterocycles. The Morgan fingerprint density at radius 2 is 1.76 bits per heavy atom. The van der Waals surface area contributed by atoms with Crippen molar-refractivity contribution in [1.82, 2.24) is 9.97 Å². The fraction of sp³-hybridized carbons (Fsp3) is 0.0556. The number of ketones is 2. The van der Waals surface area contributed by atoms with Crippen LogP contribution in [0.15, 0.2) is 48.9 Å². The van der Waals surface area contributed by atoms with E-state index in [0.717, 1.165) is 5.56 Å². The number of hydrogen-bond donors (Lipinski definition) is 1. The van der Waals surface area contributed by atoms with Crippen LogP contribution in [0.25, 0.3) is 0 Å². The zero-order chi connectivity index (χ0) is 18.0. The summed E-state index contributed by atoms with van der Waals surface area (Å²) in [7, 11) is 0. The average Bonchev–Trinajstić information content (AvgIpc) is 3.09. The van der Waals surface area contributed by atoms with Crippen LogP contribution in [0, 0.1) is 5.82 Å². The quantitative estimate of drug-likeness (QED) is 0.526. The Labute approximate surface area is 152 Å². The molecule has 126 valence electrons. The number of aromatic amines is 1. The van der Waals surface area contributed by atoms with E-state index in [4.69, 9.17) is 23.2 Å². The van der Waals surface area contributed by atoms with Crippen molar-refractivity contribution in [3.05, 3.63) is 87.2 Å². The van der Waals surface area contributed by atoms with Gasteiger partial charge in [-0.2, -0.15) is 0 Å². The van der Waals surface area contributed by atoms with Gasteiger partial charge in [0.05, 0.1) is 21.3 Å². The lowest BCUT2D eigenvalue weighted by Crippen LogP contribution is -2.06. The van der Waals surface area contributed by atoms with E-state index in [-0.39, 0.29) is 39.1 Å². The monoisotopic (exact) mass is 376 g/mol. The van der Waals surface area contributed by atoms with Crippen molar-refractivity contribution in [2.24, 2.45) is 0 Å². The Kier molecular flexibility index (Phi) is 4.97. The van der Waals surface area contributed by atoms with Crippen LogP contribution in [0.3, 0.4) is 0 Å². The SMILES string of the molecule is O=C(Cc1ccncc1)c1cc(C(=O)c2c(Cl)ccc(Cl)c2F)c[nH]1. The van der Waals surface area contributed by atoms with Crippen LogP contribution in [-0.4, -0.2) is 21.5 Å². The third-order valence-electron chi connectivity index (χ3n) is 3.63. The standard InChI is InChI=1S/C18H11Cl2FN2O2/c19-12-1-2-13(20)17(21)16(12)18(25)11-8-14(23-9-11)15(24)7-10-3-5-22-6-4-10/h1-6,8-9,23H,7H2. The van der Waals surface area contributed by atoms with E-state index in [1.54, 1.807) is 24.5 Å². The number of benzene rings is 1. The zero-order valence-corrected chi connectivity index (χ0v) is 14.2. The number of aromatic nitrogens is 2. The molecular formula is C18H11Cl2FN2O2. The molecule has 0 spiro atoms. The zero-order valence-electron chi connectivity index (χ0n) is 12.7. The van der Waals surface area contributed by atoms with E-state index in [2.05, 4.69) is 9.97 Å². The van der Waals surface area contributed by atoms with E-state index in [9.17, 15) is 14.0 Å². The molecule has 0 amide bonds. The van der Waals surface area contributed by atoms with Gasteiger partial charge in [0.2, 0.25) is 0 Å². The summed E-state index contributed by atoms with van der Waals surface area (Å²) in [6, 6.07) is 7.46. The Bertz CT molecular complexity index is 955. The number of rotatable bonds is 5. The van der Waals surface area contributed by atoms with Gasteiger partial charge in [-0.25, -0.2) is 4.39 Å². The minimum atomic E-state index is -0.884. The van der Waals surface area contributed by atoms with Gasteiger partial charge >= 0.3 is 0 Å². The van der Waals surface area contributed by atoms with Crippen molar-refractivity contribution < 1.29 is 14.0 Å². The van der Waals surface area contributed by atoms with Crippen molar-refractivity contribution in [2.45, 2.75) is 6.42 Å². The summed E-state index contributed by atoms with van der Waals surface area (Å²) in [6.07, 6.45) is 4.69. The molecule has 2 heterocycles. The van der Waals surface area contributed by atoms with Crippen molar-refractivity contribution in [1.29, 1.82) is 0 Å². The maximum atomic E-state index is 14.1. The molecule has 0 fully saturated rings. The Morgan fingerprint density at radius 3 is 2.48 bits per heavy atom. The van der Waals surface area contributed by atoms with E-state index in [1.807, 2.05) is 0 Å². The van der Waals surface area contributed by atoms with E-state index < -0.39 is 11.6 Å². The highest BCUT2D eigenvalue weighted by molar-refractivity contribution is 6.37. The molecule has 0 bridgehead atoms. The first kappa shape index (κ1) is 17.3. The van der Waals surface area contributed by atoms with Crippen LogP contribution in [0.1, 0.15) is 32.0 Å². The fourth-order valence-corrected chi connectivity index (χ4v) is 2.74. The number of H-pyrrole nitrogens is 1. The van der Waals surface area contributed by atoms with Gasteiger partial charge in [-0.15, -0.1) is 0 Å². The minimum Gasteiger partial charge on any atom is -0.358 e. The van der Waals surface area contributed by atoms with E-state index >= 15 is 0 Å². The van der Waals surface area contributed by atoms with Crippen molar-refractivity contribution >= 4 is 34.8 Å². The molecule has 0 saturated carbocycles. The fourth-order valence-electron chi connectivity index (χ4n) is 2.35. The highest BCUT2D eigenvalue weighted by Crippen LogP contribution is 2.28. The van der Waals surface area contributed by atoms with Gasteiger partial charge in [0, 0.05) is 30.6 Å². The Balaban J connectivity index is 1.85. The summed E-state index contributed by atoms with van der Waals surface area (Å²) in [5.74, 6) is -1.74. The van der Waals surface area contributed by atoms with Crippen LogP contribution in [0.2, 0.25) is 10.0 Å². The van der Waals surface area contributed by atoms with Crippen molar-refractivity contribution in [2.75, 3.05) is 0 Å². The number of nitrogens with one attached hydrogen (secondary N) is 1. The molecule has 7 heteroatoms. The van der Waals surface area contributed by atoms with Gasteiger partial charge < -0.3 is 4.98 Å². The molecule has 0 radical (unpaired) electrons. The largest absolute Gasteiger partial charge is 0.358 e. The minimum absolute atomic E-state index is 0.0437. The van der Waals surface area contributed by atoms with Crippen LogP contribution in [0.5, 0.6) is 0 Å². The summed E-state index contributed by atoms with van der Waals surface area (Å²) < 4.78 is 14.1. The number of pyridine rings is 1. The first-order chi connectivity index (χ1) is 12.0. The topological polar surface area (TPSA) is 62.8 Å². The second kappa shape index (κ2) is 7.17.